The summed E-state index contributed by atoms with van der Waals surface area (Å²) in [5.74, 6) is 0.714. The van der Waals surface area contributed by atoms with E-state index >= 15 is 0 Å². The Bertz CT molecular complexity index is 1100. The quantitative estimate of drug-likeness (QED) is 0.704. The Kier molecular flexibility index (Phi) is 6.13. The fourth-order valence-electron chi connectivity index (χ4n) is 3.33. The predicted molar refractivity (Wildman–Crippen MR) is 119 cm³/mol. The van der Waals surface area contributed by atoms with Crippen LogP contribution in [-0.2, 0) is 4.79 Å². The third-order valence-corrected chi connectivity index (χ3v) is 6.26. The van der Waals surface area contributed by atoms with Gasteiger partial charge < -0.3 is 0 Å². The van der Waals surface area contributed by atoms with E-state index in [0.29, 0.717) is 20.9 Å². The third kappa shape index (κ3) is 4.15. The number of carbonyl (C=O) groups is 1. The number of para-hydroxylation sites is 1. The summed E-state index contributed by atoms with van der Waals surface area (Å²) >= 11 is 14.1. The van der Waals surface area contributed by atoms with Crippen molar-refractivity contribution in [2.45, 2.75) is 32.4 Å². The first-order valence-electron chi connectivity index (χ1n) is 9.52. The number of hydrogen-bond donors (Lipinski definition) is 1. The average Bonchev–Trinajstić information content (AvgIpc) is 2.71. The molecular formula is C21H20Cl2N4OS. The number of unbranched alkanes of at least 4 members (excludes halogenated alkanes) is 2. The van der Waals surface area contributed by atoms with Gasteiger partial charge in [0.1, 0.15) is 5.70 Å². The fourth-order valence-corrected chi connectivity index (χ4v) is 4.69. The zero-order valence-electron chi connectivity index (χ0n) is 15.9. The van der Waals surface area contributed by atoms with E-state index in [0.717, 1.165) is 41.2 Å². The lowest BCUT2D eigenvalue weighted by atomic mass is 10.1. The number of benzene rings is 2. The number of thioether (sulfide) groups is 1. The topological polar surface area (TPSA) is 57.1 Å². The second kappa shape index (κ2) is 8.78. The molecule has 0 saturated carbocycles. The van der Waals surface area contributed by atoms with Crippen LogP contribution in [0.25, 0.3) is 5.70 Å². The smallest absolute Gasteiger partial charge is 0.276 e. The average molecular weight is 447 g/mol. The molecule has 0 unspecified atom stereocenters. The second-order valence-electron chi connectivity index (χ2n) is 6.79. The first-order valence-corrected chi connectivity index (χ1v) is 11.3. The van der Waals surface area contributed by atoms with Gasteiger partial charge >= 0.3 is 0 Å². The monoisotopic (exact) mass is 446 g/mol. The van der Waals surface area contributed by atoms with Gasteiger partial charge in [0.15, 0.2) is 11.3 Å². The van der Waals surface area contributed by atoms with E-state index in [-0.39, 0.29) is 5.91 Å². The molecular weight excluding hydrogens is 427 g/mol. The van der Waals surface area contributed by atoms with Gasteiger partial charge in [0.25, 0.3) is 5.91 Å². The molecule has 8 heteroatoms. The number of halogens is 2. The fraction of sp³-hybridized carbons (Fsp3) is 0.286. The molecule has 1 atom stereocenters. The first kappa shape index (κ1) is 20.3. The van der Waals surface area contributed by atoms with Gasteiger partial charge in [-0.3, -0.25) is 15.1 Å². The Hall–Kier alpha value is -2.02. The molecule has 2 aromatic carbocycles. The molecule has 0 radical (unpaired) electrons. The molecule has 2 aromatic rings. The minimum atomic E-state index is -0.540. The molecule has 150 valence electrons. The number of nitrogens with one attached hydrogen (secondary N) is 1. The standard InChI is InChI=1S/C21H20Cl2N4OS/c1-2-3-6-11-29-21-25-20(28)18-15-7-4-5-8-17(15)24-19(27(18)26-21)14-10-9-13(22)12-16(14)23/h4-5,7-10,12,19H,2-3,6,11H2,1H3,(H,25,26,28)/t19-/m1/s1. The molecule has 0 fully saturated rings. The number of rotatable bonds is 5. The Labute approximate surface area is 183 Å². The highest BCUT2D eigenvalue weighted by Gasteiger charge is 2.35. The van der Waals surface area contributed by atoms with Crippen LogP contribution in [0.3, 0.4) is 0 Å². The Morgan fingerprint density at radius 1 is 1.17 bits per heavy atom. The zero-order chi connectivity index (χ0) is 20.4. The van der Waals surface area contributed by atoms with Gasteiger partial charge in [0.05, 0.1) is 5.36 Å². The zero-order valence-corrected chi connectivity index (χ0v) is 18.2. The normalized spacial score (nSPS) is 17.8. The molecule has 2 heterocycles. The van der Waals surface area contributed by atoms with Gasteiger partial charge in [-0.2, -0.15) is 0 Å². The molecule has 5 nitrogen and oxygen atoms in total. The molecule has 1 amide bonds. The van der Waals surface area contributed by atoms with Crippen molar-refractivity contribution in [1.82, 2.24) is 10.3 Å². The SMILES string of the molecule is CCCCCSC1=NN2C(=c3ccccc3=N[C@H]2c2ccc(Cl)cc2Cl)C(=O)N1. The predicted octanol–water partition coefficient (Wildman–Crippen LogP) is 4.06. The molecule has 0 spiro atoms. The highest BCUT2D eigenvalue weighted by atomic mass is 35.5. The molecule has 1 N–H and O–H groups in total. The van der Waals surface area contributed by atoms with E-state index in [1.54, 1.807) is 28.9 Å². The van der Waals surface area contributed by atoms with Crippen LogP contribution in [0.5, 0.6) is 0 Å². The van der Waals surface area contributed by atoms with Gasteiger partial charge in [-0.15, -0.1) is 5.10 Å². The van der Waals surface area contributed by atoms with Crippen molar-refractivity contribution in [3.63, 3.8) is 0 Å². The van der Waals surface area contributed by atoms with Gasteiger partial charge in [-0.25, -0.2) is 5.01 Å². The van der Waals surface area contributed by atoms with Crippen LogP contribution < -0.4 is 15.9 Å². The Morgan fingerprint density at radius 2 is 2.00 bits per heavy atom. The number of nitrogens with zero attached hydrogens (tertiary/aromatic N) is 3. The lowest BCUT2D eigenvalue weighted by Gasteiger charge is -2.34. The minimum Gasteiger partial charge on any atom is -0.298 e. The summed E-state index contributed by atoms with van der Waals surface area (Å²) in [4.78, 5) is 17.9. The second-order valence-corrected chi connectivity index (χ2v) is 8.72. The molecule has 0 aromatic heterocycles. The van der Waals surface area contributed by atoms with E-state index in [1.807, 2.05) is 30.3 Å². The molecule has 0 aliphatic carbocycles. The summed E-state index contributed by atoms with van der Waals surface area (Å²) in [6.07, 6.45) is 2.84. The molecule has 0 bridgehead atoms. The van der Waals surface area contributed by atoms with Crippen molar-refractivity contribution in [3.05, 3.63) is 68.6 Å². The highest BCUT2D eigenvalue weighted by molar-refractivity contribution is 8.13. The number of hydrazone groups is 1. The van der Waals surface area contributed by atoms with Crippen LogP contribution >= 0.6 is 35.0 Å². The van der Waals surface area contributed by atoms with Crippen molar-refractivity contribution in [2.75, 3.05) is 5.75 Å². The Morgan fingerprint density at radius 3 is 2.79 bits per heavy atom. The summed E-state index contributed by atoms with van der Waals surface area (Å²) in [5, 5.41) is 12.4. The van der Waals surface area contributed by atoms with E-state index in [9.17, 15) is 4.79 Å². The van der Waals surface area contributed by atoms with E-state index in [1.165, 1.54) is 0 Å². The van der Waals surface area contributed by atoms with Gasteiger partial charge in [-0.05, 0) is 24.6 Å². The number of fused-ring (bicyclic) bond motifs is 2. The summed E-state index contributed by atoms with van der Waals surface area (Å²) < 4.78 is 0. The van der Waals surface area contributed by atoms with Crippen molar-refractivity contribution < 1.29 is 4.79 Å². The minimum absolute atomic E-state index is 0.185. The van der Waals surface area contributed by atoms with Crippen LogP contribution in [0.4, 0.5) is 0 Å². The Balaban J connectivity index is 1.80. The maximum atomic E-state index is 13.0. The summed E-state index contributed by atoms with van der Waals surface area (Å²) in [7, 11) is 0. The van der Waals surface area contributed by atoms with Gasteiger partial charge in [0.2, 0.25) is 0 Å². The molecule has 2 aliphatic heterocycles. The van der Waals surface area contributed by atoms with Crippen LogP contribution in [0.15, 0.2) is 52.6 Å². The summed E-state index contributed by atoms with van der Waals surface area (Å²) in [6.45, 7) is 2.17. The van der Waals surface area contributed by atoms with Crippen LogP contribution in [0.2, 0.25) is 10.0 Å². The molecule has 0 saturated heterocycles. The third-order valence-electron chi connectivity index (χ3n) is 4.74. The number of carbonyl (C=O) groups excluding carboxylic acids is 1. The molecule has 2 aliphatic rings. The van der Waals surface area contributed by atoms with Crippen molar-refractivity contribution >= 4 is 51.7 Å². The van der Waals surface area contributed by atoms with Crippen molar-refractivity contribution in [2.24, 2.45) is 10.1 Å². The maximum Gasteiger partial charge on any atom is 0.276 e. The van der Waals surface area contributed by atoms with Crippen LogP contribution in [-0.4, -0.2) is 21.8 Å². The lowest BCUT2D eigenvalue weighted by Crippen LogP contribution is -2.50. The number of hydrogen-bond acceptors (Lipinski definition) is 5. The molecule has 29 heavy (non-hydrogen) atoms. The van der Waals surface area contributed by atoms with E-state index < -0.39 is 6.17 Å². The summed E-state index contributed by atoms with van der Waals surface area (Å²) in [5.41, 5.74) is 1.22. The largest absolute Gasteiger partial charge is 0.298 e. The maximum absolute atomic E-state index is 13.0. The van der Waals surface area contributed by atoms with Crippen LogP contribution in [0.1, 0.15) is 37.9 Å². The van der Waals surface area contributed by atoms with Crippen molar-refractivity contribution in [3.8, 4) is 0 Å². The lowest BCUT2D eigenvalue weighted by molar-refractivity contribution is -0.116. The van der Waals surface area contributed by atoms with Gasteiger partial charge in [0, 0.05) is 26.6 Å². The van der Waals surface area contributed by atoms with E-state index in [4.69, 9.17) is 33.3 Å². The van der Waals surface area contributed by atoms with E-state index in [2.05, 4.69) is 12.2 Å². The van der Waals surface area contributed by atoms with Crippen LogP contribution in [0, 0.1) is 0 Å². The van der Waals surface area contributed by atoms with Crippen molar-refractivity contribution in [1.29, 1.82) is 0 Å². The number of amidine groups is 1. The van der Waals surface area contributed by atoms with Gasteiger partial charge in [-0.1, -0.05) is 79.0 Å². The number of amides is 1. The first-order chi connectivity index (χ1) is 14.1. The molecule has 4 rings (SSSR count). The summed E-state index contributed by atoms with van der Waals surface area (Å²) in [6, 6.07) is 12.9. The highest BCUT2D eigenvalue weighted by Crippen LogP contribution is 2.35.